The molecule has 56 valence electrons. The lowest BCUT2D eigenvalue weighted by Gasteiger charge is -2.23. The number of aliphatic hydroxyl groups is 1. The quantitative estimate of drug-likeness (QED) is 0.664. The normalized spacial score (nSPS) is 32.0. The van der Waals surface area contributed by atoms with Crippen LogP contribution in [0.25, 0.3) is 0 Å². The van der Waals surface area contributed by atoms with E-state index in [1.54, 1.807) is 19.3 Å². The molecule has 1 rings (SSSR count). The fraction of sp³-hybridized carbons (Fsp3) is 0.429. The number of aliphatic hydroxyl groups excluding tert-OH is 1. The van der Waals surface area contributed by atoms with E-state index in [0.29, 0.717) is 12.2 Å². The van der Waals surface area contributed by atoms with Crippen LogP contribution in [0.4, 0.5) is 0 Å². The van der Waals surface area contributed by atoms with Gasteiger partial charge in [0.25, 0.3) is 0 Å². The van der Waals surface area contributed by atoms with Crippen molar-refractivity contribution in [2.24, 2.45) is 0 Å². The number of alkyl halides is 1. The Morgan fingerprint density at radius 3 is 2.90 bits per heavy atom. The Morgan fingerprint density at radius 1 is 1.80 bits per heavy atom. The van der Waals surface area contributed by atoms with Gasteiger partial charge >= 0.3 is 0 Å². The van der Waals surface area contributed by atoms with E-state index in [2.05, 4.69) is 15.9 Å². The smallest absolute Gasteiger partial charge is 0.148 e. The van der Waals surface area contributed by atoms with Crippen LogP contribution in [-0.2, 0) is 4.74 Å². The van der Waals surface area contributed by atoms with Gasteiger partial charge in [0.2, 0.25) is 0 Å². The Balaban J connectivity index is 2.71. The topological polar surface area (TPSA) is 29.5 Å². The van der Waals surface area contributed by atoms with Crippen molar-refractivity contribution in [2.75, 3.05) is 7.11 Å². The Morgan fingerprint density at radius 2 is 2.50 bits per heavy atom. The molecule has 0 spiro atoms. The molecular formula is C7H9BrO2. The second-order valence-electron chi connectivity index (χ2n) is 2.18. The minimum Gasteiger partial charge on any atom is -0.512 e. The molecule has 0 aromatic rings. The molecule has 0 amide bonds. The average molecular weight is 205 g/mol. The second kappa shape index (κ2) is 2.76. The van der Waals surface area contributed by atoms with E-state index in [1.807, 2.05) is 6.08 Å². The molecule has 0 radical (unpaired) electrons. The Bertz CT molecular complexity index is 186. The fourth-order valence-corrected chi connectivity index (χ4v) is 1.25. The van der Waals surface area contributed by atoms with Gasteiger partial charge in [0.15, 0.2) is 0 Å². The lowest BCUT2D eigenvalue weighted by atomic mass is 10.1. The summed E-state index contributed by atoms with van der Waals surface area (Å²) in [6.45, 7) is 0. The van der Waals surface area contributed by atoms with E-state index in [4.69, 9.17) is 9.84 Å². The SMILES string of the molecule is COC1(Br)C=CC=C(O)C1. The Hall–Kier alpha value is -0.280. The molecule has 1 atom stereocenters. The van der Waals surface area contributed by atoms with Gasteiger partial charge in [-0.2, -0.15) is 0 Å². The van der Waals surface area contributed by atoms with Crippen LogP contribution in [0.3, 0.4) is 0 Å². The molecule has 1 unspecified atom stereocenters. The number of methoxy groups -OCH3 is 1. The molecule has 1 aliphatic rings. The summed E-state index contributed by atoms with van der Waals surface area (Å²) < 4.78 is 4.58. The van der Waals surface area contributed by atoms with Gasteiger partial charge in [0, 0.05) is 13.5 Å². The molecule has 0 bridgehead atoms. The zero-order valence-corrected chi connectivity index (χ0v) is 7.26. The van der Waals surface area contributed by atoms with Gasteiger partial charge in [-0.1, -0.05) is 6.08 Å². The van der Waals surface area contributed by atoms with E-state index in [0.717, 1.165) is 0 Å². The van der Waals surface area contributed by atoms with Crippen LogP contribution in [0.1, 0.15) is 6.42 Å². The van der Waals surface area contributed by atoms with Crippen LogP contribution in [0.5, 0.6) is 0 Å². The van der Waals surface area contributed by atoms with Crippen molar-refractivity contribution >= 4 is 15.9 Å². The molecule has 0 saturated carbocycles. The van der Waals surface area contributed by atoms with Crippen LogP contribution in [0.15, 0.2) is 24.0 Å². The van der Waals surface area contributed by atoms with Crippen LogP contribution in [0, 0.1) is 0 Å². The molecule has 3 heteroatoms. The van der Waals surface area contributed by atoms with E-state index in [9.17, 15) is 0 Å². The highest BCUT2D eigenvalue weighted by atomic mass is 79.9. The molecule has 2 nitrogen and oxygen atoms in total. The van der Waals surface area contributed by atoms with Crippen molar-refractivity contribution in [3.8, 4) is 0 Å². The van der Waals surface area contributed by atoms with Gasteiger partial charge in [0.05, 0.1) is 5.76 Å². The van der Waals surface area contributed by atoms with Gasteiger partial charge in [-0.05, 0) is 28.1 Å². The molecule has 0 saturated heterocycles. The van der Waals surface area contributed by atoms with Crippen molar-refractivity contribution in [3.63, 3.8) is 0 Å². The van der Waals surface area contributed by atoms with Crippen LogP contribution in [0.2, 0.25) is 0 Å². The monoisotopic (exact) mass is 204 g/mol. The number of rotatable bonds is 1. The summed E-state index contributed by atoms with van der Waals surface area (Å²) >= 11 is 3.33. The number of halogens is 1. The highest BCUT2D eigenvalue weighted by Crippen LogP contribution is 2.30. The molecule has 10 heavy (non-hydrogen) atoms. The van der Waals surface area contributed by atoms with Crippen molar-refractivity contribution in [1.29, 1.82) is 0 Å². The largest absolute Gasteiger partial charge is 0.512 e. The van der Waals surface area contributed by atoms with Crippen molar-refractivity contribution in [1.82, 2.24) is 0 Å². The summed E-state index contributed by atoms with van der Waals surface area (Å²) in [5.74, 6) is 0.334. The first kappa shape index (κ1) is 7.82. The lowest BCUT2D eigenvalue weighted by Crippen LogP contribution is -2.22. The maximum atomic E-state index is 9.08. The summed E-state index contributed by atoms with van der Waals surface area (Å²) in [7, 11) is 1.59. The lowest BCUT2D eigenvalue weighted by molar-refractivity contribution is 0.106. The van der Waals surface area contributed by atoms with Gasteiger partial charge in [0.1, 0.15) is 4.51 Å². The molecule has 1 aliphatic carbocycles. The van der Waals surface area contributed by atoms with Crippen molar-refractivity contribution < 1.29 is 9.84 Å². The van der Waals surface area contributed by atoms with E-state index < -0.39 is 4.51 Å². The minimum absolute atomic E-state index is 0.334. The summed E-state index contributed by atoms with van der Waals surface area (Å²) in [6, 6.07) is 0. The second-order valence-corrected chi connectivity index (χ2v) is 3.53. The molecule has 0 aliphatic heterocycles. The Kier molecular flexibility index (Phi) is 2.16. The Labute approximate surface area is 68.3 Å². The summed E-state index contributed by atoms with van der Waals surface area (Å²) in [5, 5.41) is 9.08. The fourth-order valence-electron chi connectivity index (χ4n) is 0.808. The third kappa shape index (κ3) is 1.61. The molecular weight excluding hydrogens is 196 g/mol. The molecule has 0 heterocycles. The first-order valence-electron chi connectivity index (χ1n) is 2.98. The van der Waals surface area contributed by atoms with Gasteiger partial charge in [-0.25, -0.2) is 0 Å². The maximum Gasteiger partial charge on any atom is 0.148 e. The third-order valence-corrected chi connectivity index (χ3v) is 2.26. The zero-order valence-electron chi connectivity index (χ0n) is 5.67. The van der Waals surface area contributed by atoms with Gasteiger partial charge in [-0.15, -0.1) is 0 Å². The van der Waals surface area contributed by atoms with E-state index >= 15 is 0 Å². The van der Waals surface area contributed by atoms with Crippen molar-refractivity contribution in [3.05, 3.63) is 24.0 Å². The van der Waals surface area contributed by atoms with E-state index in [1.165, 1.54) is 0 Å². The molecule has 0 fully saturated rings. The first-order chi connectivity index (χ1) is 4.66. The van der Waals surface area contributed by atoms with Crippen LogP contribution >= 0.6 is 15.9 Å². The molecule has 0 aromatic heterocycles. The molecule has 1 N–H and O–H groups in total. The highest BCUT2D eigenvalue weighted by Gasteiger charge is 2.25. The first-order valence-corrected chi connectivity index (χ1v) is 3.77. The number of hydrogen-bond donors (Lipinski definition) is 1. The predicted molar refractivity (Wildman–Crippen MR) is 43.1 cm³/mol. The van der Waals surface area contributed by atoms with Crippen LogP contribution in [-0.4, -0.2) is 16.7 Å². The number of hydrogen-bond acceptors (Lipinski definition) is 2. The average Bonchev–Trinajstić information content (AvgIpc) is 1.88. The summed E-state index contributed by atoms with van der Waals surface area (Å²) in [5.41, 5.74) is 0. The third-order valence-electron chi connectivity index (χ3n) is 1.40. The maximum absolute atomic E-state index is 9.08. The minimum atomic E-state index is -0.494. The van der Waals surface area contributed by atoms with Gasteiger partial charge in [-0.3, -0.25) is 0 Å². The van der Waals surface area contributed by atoms with Crippen molar-refractivity contribution in [2.45, 2.75) is 10.9 Å². The molecule has 0 aromatic carbocycles. The van der Waals surface area contributed by atoms with E-state index in [-0.39, 0.29) is 0 Å². The summed E-state index contributed by atoms with van der Waals surface area (Å²) in [6.07, 6.45) is 5.75. The standard InChI is InChI=1S/C7H9BrO2/c1-10-7(8)4-2-3-6(9)5-7/h2-4,9H,5H2,1H3. The number of allylic oxidation sites excluding steroid dienone is 2. The predicted octanol–water partition coefficient (Wildman–Crippen LogP) is 2.13. The zero-order chi connectivity index (χ0) is 7.61. The highest BCUT2D eigenvalue weighted by molar-refractivity contribution is 9.10. The van der Waals surface area contributed by atoms with Gasteiger partial charge < -0.3 is 9.84 Å². The van der Waals surface area contributed by atoms with Crippen LogP contribution < -0.4 is 0 Å². The number of ether oxygens (including phenoxy) is 1. The summed E-state index contributed by atoms with van der Waals surface area (Å²) in [4.78, 5) is 0.